The maximum absolute atomic E-state index is 5.82. The van der Waals surface area contributed by atoms with Crippen LogP contribution in [-0.4, -0.2) is 31.1 Å². The van der Waals surface area contributed by atoms with Crippen molar-refractivity contribution >= 4 is 11.4 Å². The van der Waals surface area contributed by atoms with E-state index in [2.05, 4.69) is 30.1 Å². The van der Waals surface area contributed by atoms with Crippen LogP contribution in [0.4, 0.5) is 11.4 Å². The second kappa shape index (κ2) is 6.10. The second-order valence-electron chi connectivity index (χ2n) is 5.57. The lowest BCUT2D eigenvalue weighted by Crippen LogP contribution is -2.29. The molecule has 1 fully saturated rings. The first kappa shape index (κ1) is 13.2. The van der Waals surface area contributed by atoms with Crippen LogP contribution < -0.4 is 11.1 Å². The topological polar surface area (TPSA) is 41.3 Å². The fourth-order valence-corrected chi connectivity index (χ4v) is 2.58. The van der Waals surface area contributed by atoms with Gasteiger partial charge in [-0.25, -0.2) is 0 Å². The quantitative estimate of drug-likeness (QED) is 0.786. The lowest BCUT2D eigenvalue weighted by molar-refractivity contribution is 0.294. The van der Waals surface area contributed by atoms with Crippen molar-refractivity contribution in [1.29, 1.82) is 0 Å². The summed E-state index contributed by atoms with van der Waals surface area (Å²) >= 11 is 0. The van der Waals surface area contributed by atoms with Gasteiger partial charge in [0.05, 0.1) is 0 Å². The molecule has 18 heavy (non-hydrogen) atoms. The molecular weight excluding hydrogens is 222 g/mol. The van der Waals surface area contributed by atoms with Gasteiger partial charge in [-0.1, -0.05) is 13.0 Å². The number of rotatable bonds is 5. The van der Waals surface area contributed by atoms with Gasteiger partial charge in [-0.3, -0.25) is 0 Å². The van der Waals surface area contributed by atoms with Gasteiger partial charge in [0.1, 0.15) is 0 Å². The van der Waals surface area contributed by atoms with E-state index in [9.17, 15) is 0 Å². The first-order valence-electron chi connectivity index (χ1n) is 6.97. The van der Waals surface area contributed by atoms with Gasteiger partial charge in [-0.2, -0.15) is 0 Å². The highest BCUT2D eigenvalue weighted by molar-refractivity contribution is 5.59. The molecule has 1 aromatic rings. The maximum atomic E-state index is 5.82. The van der Waals surface area contributed by atoms with Crippen LogP contribution >= 0.6 is 0 Å². The summed E-state index contributed by atoms with van der Waals surface area (Å²) in [6.07, 6.45) is 2.74. The Morgan fingerprint density at radius 3 is 2.78 bits per heavy atom. The Bertz CT molecular complexity index is 383. The Morgan fingerprint density at radius 1 is 1.33 bits per heavy atom. The standard InChI is InChI=1S/C15H25N3/c1-12(11-18-7-3-4-8-18)10-17-15-9-14(16)6-5-13(15)2/h5-6,9,12,17H,3-4,7-8,10-11,16H2,1-2H3. The summed E-state index contributed by atoms with van der Waals surface area (Å²) in [7, 11) is 0. The maximum Gasteiger partial charge on any atom is 0.0390 e. The van der Waals surface area contributed by atoms with E-state index in [0.717, 1.165) is 12.2 Å². The zero-order valence-electron chi connectivity index (χ0n) is 11.6. The number of hydrogen-bond acceptors (Lipinski definition) is 3. The largest absolute Gasteiger partial charge is 0.399 e. The third-order valence-electron chi connectivity index (χ3n) is 3.67. The minimum Gasteiger partial charge on any atom is -0.399 e. The van der Waals surface area contributed by atoms with Gasteiger partial charge in [-0.15, -0.1) is 0 Å². The van der Waals surface area contributed by atoms with Crippen LogP contribution in [0.2, 0.25) is 0 Å². The predicted molar refractivity (Wildman–Crippen MR) is 78.9 cm³/mol. The van der Waals surface area contributed by atoms with Crippen molar-refractivity contribution < 1.29 is 0 Å². The molecule has 1 saturated heterocycles. The Balaban J connectivity index is 1.81. The highest BCUT2D eigenvalue weighted by Gasteiger charge is 2.14. The van der Waals surface area contributed by atoms with Crippen LogP contribution in [0.5, 0.6) is 0 Å². The zero-order valence-corrected chi connectivity index (χ0v) is 11.6. The molecule has 3 nitrogen and oxygen atoms in total. The van der Waals surface area contributed by atoms with Crippen molar-refractivity contribution in [3.8, 4) is 0 Å². The fraction of sp³-hybridized carbons (Fsp3) is 0.600. The van der Waals surface area contributed by atoms with E-state index in [1.165, 1.54) is 43.7 Å². The normalized spacial score (nSPS) is 17.9. The SMILES string of the molecule is Cc1ccc(N)cc1NCC(C)CN1CCCC1. The summed E-state index contributed by atoms with van der Waals surface area (Å²) in [6, 6.07) is 6.05. The number of anilines is 2. The molecular formula is C15H25N3. The van der Waals surface area contributed by atoms with Crippen LogP contribution in [0.15, 0.2) is 18.2 Å². The van der Waals surface area contributed by atoms with E-state index in [1.807, 2.05) is 12.1 Å². The Hall–Kier alpha value is -1.22. The minimum atomic E-state index is 0.670. The molecule has 0 bridgehead atoms. The summed E-state index contributed by atoms with van der Waals surface area (Å²) in [5.41, 5.74) is 9.08. The van der Waals surface area contributed by atoms with E-state index >= 15 is 0 Å². The molecule has 3 N–H and O–H groups in total. The van der Waals surface area contributed by atoms with Gasteiger partial charge < -0.3 is 16.0 Å². The van der Waals surface area contributed by atoms with E-state index in [-0.39, 0.29) is 0 Å². The highest BCUT2D eigenvalue weighted by atomic mass is 15.1. The predicted octanol–water partition coefficient (Wildman–Crippen LogP) is 2.72. The summed E-state index contributed by atoms with van der Waals surface area (Å²) in [4.78, 5) is 2.57. The van der Waals surface area contributed by atoms with Crippen molar-refractivity contribution in [2.24, 2.45) is 5.92 Å². The summed E-state index contributed by atoms with van der Waals surface area (Å²) in [5, 5.41) is 3.52. The van der Waals surface area contributed by atoms with Crippen molar-refractivity contribution in [2.75, 3.05) is 37.2 Å². The molecule has 100 valence electrons. The van der Waals surface area contributed by atoms with E-state index in [0.29, 0.717) is 5.92 Å². The summed E-state index contributed by atoms with van der Waals surface area (Å²) in [6.45, 7) is 9.21. The number of nitrogens with two attached hydrogens (primary N) is 1. The number of nitrogens with one attached hydrogen (secondary N) is 1. The highest BCUT2D eigenvalue weighted by Crippen LogP contribution is 2.19. The Labute approximate surface area is 110 Å². The van der Waals surface area contributed by atoms with Gasteiger partial charge in [0.2, 0.25) is 0 Å². The molecule has 0 aromatic heterocycles. The lowest BCUT2D eigenvalue weighted by Gasteiger charge is -2.21. The van der Waals surface area contributed by atoms with Crippen LogP contribution in [0.25, 0.3) is 0 Å². The molecule has 0 amide bonds. The first-order chi connectivity index (χ1) is 8.65. The molecule has 3 heteroatoms. The summed E-state index contributed by atoms with van der Waals surface area (Å²) < 4.78 is 0. The minimum absolute atomic E-state index is 0.670. The molecule has 0 radical (unpaired) electrons. The van der Waals surface area contributed by atoms with Crippen molar-refractivity contribution in [3.63, 3.8) is 0 Å². The molecule has 0 spiro atoms. The number of likely N-dealkylation sites (tertiary alicyclic amines) is 1. The van der Waals surface area contributed by atoms with E-state index in [1.54, 1.807) is 0 Å². The van der Waals surface area contributed by atoms with Crippen LogP contribution in [0, 0.1) is 12.8 Å². The smallest absolute Gasteiger partial charge is 0.0390 e. The monoisotopic (exact) mass is 247 g/mol. The number of benzene rings is 1. The van der Waals surface area contributed by atoms with E-state index in [4.69, 9.17) is 5.73 Å². The third kappa shape index (κ3) is 3.64. The number of aryl methyl sites for hydroxylation is 1. The molecule has 1 aliphatic rings. The number of nitrogen functional groups attached to an aromatic ring is 1. The van der Waals surface area contributed by atoms with Gasteiger partial charge in [0, 0.05) is 24.5 Å². The van der Waals surface area contributed by atoms with Crippen LogP contribution in [0.3, 0.4) is 0 Å². The first-order valence-corrected chi connectivity index (χ1v) is 6.97. The lowest BCUT2D eigenvalue weighted by atomic mass is 10.1. The second-order valence-corrected chi connectivity index (χ2v) is 5.57. The average molecular weight is 247 g/mol. The van der Waals surface area contributed by atoms with Crippen LogP contribution in [0.1, 0.15) is 25.3 Å². The van der Waals surface area contributed by atoms with Crippen molar-refractivity contribution in [1.82, 2.24) is 4.90 Å². The summed E-state index contributed by atoms with van der Waals surface area (Å²) in [5.74, 6) is 0.670. The average Bonchev–Trinajstić information content (AvgIpc) is 2.83. The number of nitrogens with zero attached hydrogens (tertiary/aromatic N) is 1. The van der Waals surface area contributed by atoms with Gasteiger partial charge in [-0.05, 0) is 56.5 Å². The van der Waals surface area contributed by atoms with Gasteiger partial charge >= 0.3 is 0 Å². The molecule has 1 heterocycles. The van der Waals surface area contributed by atoms with Crippen LogP contribution in [-0.2, 0) is 0 Å². The number of hydrogen-bond donors (Lipinski definition) is 2. The third-order valence-corrected chi connectivity index (χ3v) is 3.67. The zero-order chi connectivity index (χ0) is 13.0. The molecule has 1 unspecified atom stereocenters. The molecule has 1 atom stereocenters. The fourth-order valence-electron chi connectivity index (χ4n) is 2.58. The Kier molecular flexibility index (Phi) is 4.48. The van der Waals surface area contributed by atoms with Gasteiger partial charge in [0.15, 0.2) is 0 Å². The molecule has 1 aromatic carbocycles. The molecule has 2 rings (SSSR count). The van der Waals surface area contributed by atoms with Crippen molar-refractivity contribution in [2.45, 2.75) is 26.7 Å². The molecule has 0 aliphatic carbocycles. The molecule has 0 saturated carbocycles. The molecule has 1 aliphatic heterocycles. The van der Waals surface area contributed by atoms with Crippen molar-refractivity contribution in [3.05, 3.63) is 23.8 Å². The van der Waals surface area contributed by atoms with E-state index < -0.39 is 0 Å². The Morgan fingerprint density at radius 2 is 2.06 bits per heavy atom. The van der Waals surface area contributed by atoms with Gasteiger partial charge in [0.25, 0.3) is 0 Å².